The molecular formula is C15H18BrNO2. The smallest absolute Gasteiger partial charge is 0.133 e. The Balaban J connectivity index is 1.93. The van der Waals surface area contributed by atoms with Crippen molar-refractivity contribution in [1.82, 2.24) is 5.32 Å². The van der Waals surface area contributed by atoms with Gasteiger partial charge in [0, 0.05) is 17.1 Å². The average molecular weight is 324 g/mol. The lowest BCUT2D eigenvalue weighted by atomic mass is 10.1. The molecule has 0 spiro atoms. The number of aliphatic hydroxyl groups excluding tert-OH is 1. The molecule has 0 radical (unpaired) electrons. The molecule has 4 heteroatoms. The van der Waals surface area contributed by atoms with Crippen LogP contribution in [0.1, 0.15) is 36.0 Å². The van der Waals surface area contributed by atoms with Crippen molar-refractivity contribution in [2.75, 3.05) is 6.54 Å². The maximum absolute atomic E-state index is 9.94. The highest BCUT2D eigenvalue weighted by Gasteiger charge is 2.12. The van der Waals surface area contributed by atoms with Gasteiger partial charge in [-0.2, -0.15) is 0 Å². The lowest BCUT2D eigenvalue weighted by molar-refractivity contribution is 0.144. The van der Waals surface area contributed by atoms with Crippen LogP contribution in [0.3, 0.4) is 0 Å². The lowest BCUT2D eigenvalue weighted by Crippen LogP contribution is -2.24. The Kier molecular flexibility index (Phi) is 4.80. The molecule has 102 valence electrons. The summed E-state index contributed by atoms with van der Waals surface area (Å²) in [5, 5.41) is 13.2. The summed E-state index contributed by atoms with van der Waals surface area (Å²) in [6.45, 7) is 4.61. The highest BCUT2D eigenvalue weighted by Crippen LogP contribution is 2.21. The fourth-order valence-corrected chi connectivity index (χ4v) is 2.17. The Hall–Kier alpha value is -1.10. The highest BCUT2D eigenvalue weighted by molar-refractivity contribution is 9.10. The highest BCUT2D eigenvalue weighted by atomic mass is 79.9. The van der Waals surface area contributed by atoms with Gasteiger partial charge in [-0.25, -0.2) is 0 Å². The molecule has 0 amide bonds. The summed E-state index contributed by atoms with van der Waals surface area (Å²) in [6, 6.07) is 10.00. The van der Waals surface area contributed by atoms with E-state index < -0.39 is 6.10 Å². The van der Waals surface area contributed by atoms with Crippen molar-refractivity contribution >= 4 is 15.9 Å². The summed E-state index contributed by atoms with van der Waals surface area (Å²) < 4.78 is 6.28. The molecule has 0 aliphatic heterocycles. The van der Waals surface area contributed by atoms with E-state index in [4.69, 9.17) is 4.42 Å². The molecule has 2 atom stereocenters. The van der Waals surface area contributed by atoms with Crippen molar-refractivity contribution in [3.8, 4) is 0 Å². The molecule has 0 saturated carbocycles. The minimum atomic E-state index is -0.617. The second-order valence-corrected chi connectivity index (χ2v) is 5.52. The topological polar surface area (TPSA) is 45.4 Å². The number of aliphatic hydroxyl groups is 1. The third-order valence-electron chi connectivity index (χ3n) is 3.17. The average Bonchev–Trinajstić information content (AvgIpc) is 2.92. The van der Waals surface area contributed by atoms with Crippen LogP contribution < -0.4 is 5.32 Å². The zero-order valence-electron chi connectivity index (χ0n) is 11.1. The summed E-state index contributed by atoms with van der Waals surface area (Å²) in [6.07, 6.45) is 0.953. The normalized spacial score (nSPS) is 14.3. The van der Waals surface area contributed by atoms with Gasteiger partial charge in [0.05, 0.1) is 6.26 Å². The van der Waals surface area contributed by atoms with Crippen molar-refractivity contribution in [1.29, 1.82) is 0 Å². The molecule has 2 N–H and O–H groups in total. The number of aryl methyl sites for hydroxylation is 1. The largest absolute Gasteiger partial charge is 0.467 e. The predicted molar refractivity (Wildman–Crippen MR) is 79.0 cm³/mol. The van der Waals surface area contributed by atoms with Crippen LogP contribution in [0, 0.1) is 6.92 Å². The summed E-state index contributed by atoms with van der Waals surface area (Å²) >= 11 is 3.49. The maximum Gasteiger partial charge on any atom is 0.133 e. The van der Waals surface area contributed by atoms with E-state index in [0.29, 0.717) is 12.3 Å². The SMILES string of the molecule is Cc1cc(C(C)NCC(O)c2ccco2)ccc1Br. The van der Waals surface area contributed by atoms with Gasteiger partial charge in [-0.15, -0.1) is 0 Å². The van der Waals surface area contributed by atoms with Gasteiger partial charge in [0.2, 0.25) is 0 Å². The van der Waals surface area contributed by atoms with Crippen LogP contribution >= 0.6 is 15.9 Å². The van der Waals surface area contributed by atoms with Crippen molar-refractivity contribution < 1.29 is 9.52 Å². The van der Waals surface area contributed by atoms with Crippen LogP contribution in [-0.2, 0) is 0 Å². The molecule has 0 bridgehead atoms. The molecule has 1 heterocycles. The Bertz CT molecular complexity index is 525. The fraction of sp³-hybridized carbons (Fsp3) is 0.333. The van der Waals surface area contributed by atoms with Crippen LogP contribution in [0.25, 0.3) is 0 Å². The molecule has 0 aliphatic carbocycles. The van der Waals surface area contributed by atoms with E-state index in [-0.39, 0.29) is 6.04 Å². The van der Waals surface area contributed by atoms with Crippen molar-refractivity contribution in [3.63, 3.8) is 0 Å². The zero-order chi connectivity index (χ0) is 13.8. The molecule has 1 aromatic heterocycles. The van der Waals surface area contributed by atoms with Gasteiger partial charge in [0.1, 0.15) is 11.9 Å². The monoisotopic (exact) mass is 323 g/mol. The molecular weight excluding hydrogens is 306 g/mol. The summed E-state index contributed by atoms with van der Waals surface area (Å²) in [5.74, 6) is 0.590. The second kappa shape index (κ2) is 6.37. The molecule has 3 nitrogen and oxygen atoms in total. The number of hydrogen-bond acceptors (Lipinski definition) is 3. The van der Waals surface area contributed by atoms with Gasteiger partial charge in [-0.3, -0.25) is 0 Å². The summed E-state index contributed by atoms with van der Waals surface area (Å²) in [7, 11) is 0. The first-order valence-electron chi connectivity index (χ1n) is 6.29. The number of furan rings is 1. The van der Waals surface area contributed by atoms with Crippen molar-refractivity contribution in [2.45, 2.75) is 26.0 Å². The maximum atomic E-state index is 9.94. The van der Waals surface area contributed by atoms with Gasteiger partial charge in [-0.05, 0) is 43.2 Å². The fourth-order valence-electron chi connectivity index (χ4n) is 1.92. The number of rotatable bonds is 5. The van der Waals surface area contributed by atoms with E-state index in [9.17, 15) is 5.11 Å². The van der Waals surface area contributed by atoms with Crippen molar-refractivity contribution in [3.05, 3.63) is 58.0 Å². The van der Waals surface area contributed by atoms with Crippen LogP contribution in [0.4, 0.5) is 0 Å². The third-order valence-corrected chi connectivity index (χ3v) is 4.06. The van der Waals surface area contributed by atoms with E-state index in [1.165, 1.54) is 11.1 Å². The first-order valence-corrected chi connectivity index (χ1v) is 7.08. The first-order chi connectivity index (χ1) is 9.08. The van der Waals surface area contributed by atoms with E-state index in [2.05, 4.69) is 47.2 Å². The Labute approximate surface area is 121 Å². The van der Waals surface area contributed by atoms with Gasteiger partial charge < -0.3 is 14.8 Å². The minimum Gasteiger partial charge on any atom is -0.467 e. The Morgan fingerprint density at radius 3 is 2.79 bits per heavy atom. The molecule has 0 aliphatic rings. The molecule has 2 rings (SSSR count). The first kappa shape index (κ1) is 14.3. The van der Waals surface area contributed by atoms with Crippen LogP contribution in [-0.4, -0.2) is 11.7 Å². The van der Waals surface area contributed by atoms with E-state index >= 15 is 0 Å². The number of halogens is 1. The van der Waals surface area contributed by atoms with Gasteiger partial charge in [0.15, 0.2) is 0 Å². The molecule has 2 aromatic rings. The van der Waals surface area contributed by atoms with E-state index in [0.717, 1.165) is 4.47 Å². The summed E-state index contributed by atoms with van der Waals surface area (Å²) in [5.41, 5.74) is 2.41. The van der Waals surface area contributed by atoms with Crippen LogP contribution in [0.2, 0.25) is 0 Å². The molecule has 19 heavy (non-hydrogen) atoms. The second-order valence-electron chi connectivity index (χ2n) is 4.67. The van der Waals surface area contributed by atoms with Crippen LogP contribution in [0.5, 0.6) is 0 Å². The number of hydrogen-bond donors (Lipinski definition) is 2. The predicted octanol–water partition coefficient (Wildman–Crippen LogP) is 3.73. The van der Waals surface area contributed by atoms with Gasteiger partial charge >= 0.3 is 0 Å². The molecule has 0 fully saturated rings. The number of nitrogens with one attached hydrogen (secondary N) is 1. The van der Waals surface area contributed by atoms with Crippen LogP contribution in [0.15, 0.2) is 45.5 Å². The van der Waals surface area contributed by atoms with E-state index in [1.54, 1.807) is 18.4 Å². The van der Waals surface area contributed by atoms with Crippen molar-refractivity contribution in [2.24, 2.45) is 0 Å². The number of benzene rings is 1. The molecule has 2 unspecified atom stereocenters. The standard InChI is InChI=1S/C15H18BrNO2/c1-10-8-12(5-6-13(10)16)11(2)17-9-14(18)15-4-3-7-19-15/h3-8,11,14,17-18H,9H2,1-2H3. The third kappa shape index (κ3) is 3.69. The Morgan fingerprint density at radius 2 is 2.16 bits per heavy atom. The molecule has 1 aromatic carbocycles. The lowest BCUT2D eigenvalue weighted by Gasteiger charge is -2.17. The quantitative estimate of drug-likeness (QED) is 0.881. The van der Waals surface area contributed by atoms with Gasteiger partial charge in [0.25, 0.3) is 0 Å². The van der Waals surface area contributed by atoms with Gasteiger partial charge in [-0.1, -0.05) is 28.1 Å². The minimum absolute atomic E-state index is 0.177. The zero-order valence-corrected chi connectivity index (χ0v) is 12.6. The molecule has 0 saturated heterocycles. The van der Waals surface area contributed by atoms with E-state index in [1.807, 2.05) is 6.07 Å². The Morgan fingerprint density at radius 1 is 1.37 bits per heavy atom. The summed E-state index contributed by atoms with van der Waals surface area (Å²) in [4.78, 5) is 0.